The van der Waals surface area contributed by atoms with Crippen LogP contribution >= 0.6 is 12.2 Å². The van der Waals surface area contributed by atoms with E-state index in [1.165, 1.54) is 36.8 Å². The average Bonchev–Trinajstić information content (AvgIpc) is 3.29. The SMILES string of the molecule is O=C(CC1CCCC1)NC(=S)N1CCN(C(c2ccccc2)c2ccccc2)CC1. The van der Waals surface area contributed by atoms with Gasteiger partial charge in [0.15, 0.2) is 5.11 Å². The Bertz CT molecular complexity index is 788. The van der Waals surface area contributed by atoms with E-state index in [1.54, 1.807) is 0 Å². The van der Waals surface area contributed by atoms with Crippen LogP contribution in [0.2, 0.25) is 0 Å². The van der Waals surface area contributed by atoms with E-state index in [-0.39, 0.29) is 11.9 Å². The number of amides is 1. The summed E-state index contributed by atoms with van der Waals surface area (Å²) in [5.41, 5.74) is 2.62. The Labute approximate surface area is 185 Å². The van der Waals surface area contributed by atoms with Crippen LogP contribution < -0.4 is 5.32 Å². The molecule has 2 fully saturated rings. The molecule has 1 saturated carbocycles. The smallest absolute Gasteiger partial charge is 0.226 e. The van der Waals surface area contributed by atoms with Gasteiger partial charge >= 0.3 is 0 Å². The summed E-state index contributed by atoms with van der Waals surface area (Å²) in [5, 5.41) is 3.58. The molecule has 0 atom stereocenters. The summed E-state index contributed by atoms with van der Waals surface area (Å²) in [7, 11) is 0. The monoisotopic (exact) mass is 421 g/mol. The maximum Gasteiger partial charge on any atom is 0.226 e. The van der Waals surface area contributed by atoms with Crippen molar-refractivity contribution in [2.24, 2.45) is 5.92 Å². The molecule has 2 aliphatic rings. The Kier molecular flexibility index (Phi) is 7.13. The lowest BCUT2D eigenvalue weighted by Crippen LogP contribution is -2.53. The quantitative estimate of drug-likeness (QED) is 0.727. The lowest BCUT2D eigenvalue weighted by Gasteiger charge is -2.40. The third-order valence-corrected chi connectivity index (χ3v) is 6.75. The topological polar surface area (TPSA) is 35.6 Å². The minimum Gasteiger partial charge on any atom is -0.346 e. The molecule has 0 spiro atoms. The standard InChI is InChI=1S/C25H31N3OS/c29-23(19-20-9-7-8-10-20)26-25(30)28-17-15-27(16-18-28)24(21-11-3-1-4-12-21)22-13-5-2-6-14-22/h1-6,11-14,20,24H,7-10,15-19H2,(H,26,29,30). The Morgan fingerprint density at radius 1 is 0.900 bits per heavy atom. The van der Waals surface area contributed by atoms with E-state index in [2.05, 4.69) is 75.8 Å². The molecule has 2 aromatic rings. The van der Waals surface area contributed by atoms with Gasteiger partial charge in [-0.2, -0.15) is 0 Å². The highest BCUT2D eigenvalue weighted by molar-refractivity contribution is 7.80. The number of piperazine rings is 1. The fourth-order valence-corrected chi connectivity index (χ4v) is 5.09. The highest BCUT2D eigenvalue weighted by Gasteiger charge is 2.28. The van der Waals surface area contributed by atoms with Crippen molar-refractivity contribution in [2.75, 3.05) is 26.2 Å². The fourth-order valence-electron chi connectivity index (χ4n) is 4.79. The molecule has 1 heterocycles. The van der Waals surface area contributed by atoms with Gasteiger partial charge in [-0.3, -0.25) is 9.69 Å². The first-order valence-electron chi connectivity index (χ1n) is 11.1. The van der Waals surface area contributed by atoms with Crippen molar-refractivity contribution in [1.82, 2.24) is 15.1 Å². The van der Waals surface area contributed by atoms with Crippen LogP contribution in [-0.4, -0.2) is 47.0 Å². The largest absolute Gasteiger partial charge is 0.346 e. The summed E-state index contributed by atoms with van der Waals surface area (Å²) in [6.45, 7) is 3.48. The molecule has 158 valence electrons. The molecule has 0 radical (unpaired) electrons. The minimum absolute atomic E-state index is 0.0841. The lowest BCUT2D eigenvalue weighted by atomic mass is 9.96. The maximum absolute atomic E-state index is 12.4. The maximum atomic E-state index is 12.4. The first-order chi connectivity index (χ1) is 14.7. The minimum atomic E-state index is 0.0841. The number of carbonyl (C=O) groups is 1. The molecule has 1 aliphatic heterocycles. The summed E-state index contributed by atoms with van der Waals surface area (Å²) in [4.78, 5) is 17.0. The number of carbonyl (C=O) groups excluding carboxylic acids is 1. The van der Waals surface area contributed by atoms with E-state index in [0.29, 0.717) is 17.5 Å². The van der Waals surface area contributed by atoms with Crippen molar-refractivity contribution in [3.63, 3.8) is 0 Å². The zero-order valence-corrected chi connectivity index (χ0v) is 18.3. The van der Waals surface area contributed by atoms with Crippen LogP contribution in [0.25, 0.3) is 0 Å². The second-order valence-corrected chi connectivity index (χ2v) is 8.84. The van der Waals surface area contributed by atoms with Crippen LogP contribution in [0.15, 0.2) is 60.7 Å². The Morgan fingerprint density at radius 3 is 1.97 bits per heavy atom. The predicted octanol–water partition coefficient (Wildman–Crippen LogP) is 4.38. The second-order valence-electron chi connectivity index (χ2n) is 8.45. The molecule has 1 aliphatic carbocycles. The van der Waals surface area contributed by atoms with Crippen molar-refractivity contribution in [2.45, 2.75) is 38.1 Å². The molecule has 30 heavy (non-hydrogen) atoms. The van der Waals surface area contributed by atoms with Crippen molar-refractivity contribution in [1.29, 1.82) is 0 Å². The first-order valence-corrected chi connectivity index (χ1v) is 11.5. The average molecular weight is 422 g/mol. The van der Waals surface area contributed by atoms with Crippen molar-refractivity contribution in [3.8, 4) is 0 Å². The lowest BCUT2D eigenvalue weighted by molar-refractivity contribution is -0.120. The number of hydrogen-bond acceptors (Lipinski definition) is 3. The molecular formula is C25H31N3OS. The summed E-state index contributed by atoms with van der Waals surface area (Å²) in [6, 6.07) is 21.6. The molecule has 1 amide bonds. The van der Waals surface area contributed by atoms with Crippen LogP contribution in [0.1, 0.15) is 49.3 Å². The highest BCUT2D eigenvalue weighted by atomic mass is 32.1. The van der Waals surface area contributed by atoms with E-state index in [1.807, 2.05) is 0 Å². The summed E-state index contributed by atoms with van der Waals surface area (Å²) in [6.07, 6.45) is 5.49. The normalized spacial score (nSPS) is 18.0. The zero-order valence-electron chi connectivity index (χ0n) is 17.5. The van der Waals surface area contributed by atoms with Gasteiger partial charge in [0.25, 0.3) is 0 Å². The molecule has 1 saturated heterocycles. The van der Waals surface area contributed by atoms with E-state index in [0.717, 1.165) is 26.2 Å². The number of benzene rings is 2. The summed E-state index contributed by atoms with van der Waals surface area (Å²) < 4.78 is 0. The molecule has 2 aromatic carbocycles. The van der Waals surface area contributed by atoms with Crippen molar-refractivity contribution >= 4 is 23.2 Å². The van der Waals surface area contributed by atoms with Crippen LogP contribution in [0.3, 0.4) is 0 Å². The third kappa shape index (κ3) is 5.27. The number of nitrogens with zero attached hydrogens (tertiary/aromatic N) is 2. The van der Waals surface area contributed by atoms with Gasteiger partial charge in [0, 0.05) is 32.6 Å². The zero-order chi connectivity index (χ0) is 20.8. The number of hydrogen-bond donors (Lipinski definition) is 1. The summed E-state index contributed by atoms with van der Waals surface area (Å²) >= 11 is 5.56. The molecule has 0 unspecified atom stereocenters. The van der Waals surface area contributed by atoms with Gasteiger partial charge in [-0.25, -0.2) is 0 Å². The Morgan fingerprint density at radius 2 is 1.43 bits per heavy atom. The van der Waals surface area contributed by atoms with Crippen LogP contribution in [0, 0.1) is 5.92 Å². The van der Waals surface area contributed by atoms with Crippen LogP contribution in [-0.2, 0) is 4.79 Å². The third-order valence-electron chi connectivity index (χ3n) is 6.39. The molecular weight excluding hydrogens is 390 g/mol. The van der Waals surface area contributed by atoms with Gasteiger partial charge in [0.05, 0.1) is 6.04 Å². The fraction of sp³-hybridized carbons (Fsp3) is 0.440. The number of nitrogens with one attached hydrogen (secondary N) is 1. The Hall–Kier alpha value is -2.24. The van der Waals surface area contributed by atoms with Crippen LogP contribution in [0.5, 0.6) is 0 Å². The Balaban J connectivity index is 1.36. The number of rotatable bonds is 5. The molecule has 4 nitrogen and oxygen atoms in total. The van der Waals surface area contributed by atoms with Crippen molar-refractivity contribution < 1.29 is 4.79 Å². The molecule has 5 heteroatoms. The van der Waals surface area contributed by atoms with Gasteiger partial charge in [0.1, 0.15) is 0 Å². The molecule has 4 rings (SSSR count). The van der Waals surface area contributed by atoms with Crippen LogP contribution in [0.4, 0.5) is 0 Å². The first kappa shape index (κ1) is 21.0. The molecule has 0 bridgehead atoms. The predicted molar refractivity (Wildman–Crippen MR) is 125 cm³/mol. The van der Waals surface area contributed by atoms with E-state index in [4.69, 9.17) is 12.2 Å². The molecule has 1 N–H and O–H groups in total. The highest BCUT2D eigenvalue weighted by Crippen LogP contribution is 2.30. The van der Waals surface area contributed by atoms with E-state index < -0.39 is 0 Å². The van der Waals surface area contributed by atoms with Gasteiger partial charge in [0.2, 0.25) is 5.91 Å². The van der Waals surface area contributed by atoms with E-state index >= 15 is 0 Å². The van der Waals surface area contributed by atoms with Gasteiger partial charge in [-0.1, -0.05) is 73.5 Å². The van der Waals surface area contributed by atoms with Gasteiger partial charge in [-0.15, -0.1) is 0 Å². The van der Waals surface area contributed by atoms with Gasteiger partial charge < -0.3 is 10.2 Å². The second kappa shape index (κ2) is 10.2. The van der Waals surface area contributed by atoms with Gasteiger partial charge in [-0.05, 0) is 42.1 Å². The summed E-state index contributed by atoms with van der Waals surface area (Å²) in [5.74, 6) is 0.628. The van der Waals surface area contributed by atoms with E-state index in [9.17, 15) is 4.79 Å². The molecule has 0 aromatic heterocycles. The van der Waals surface area contributed by atoms with Crippen molar-refractivity contribution in [3.05, 3.63) is 71.8 Å². The number of thiocarbonyl (C=S) groups is 1.